The monoisotopic (exact) mass is 396 g/mol. The van der Waals surface area contributed by atoms with E-state index in [1.54, 1.807) is 11.8 Å². The molecule has 0 unspecified atom stereocenters. The normalized spacial score (nSPS) is 22.2. The molecule has 2 aromatic carbocycles. The van der Waals surface area contributed by atoms with Crippen molar-refractivity contribution in [2.45, 2.75) is 29.9 Å². The highest BCUT2D eigenvalue weighted by Gasteiger charge is 2.29. The first-order valence-corrected chi connectivity index (χ1v) is 10.4. The first-order chi connectivity index (χ1) is 13.8. The summed E-state index contributed by atoms with van der Waals surface area (Å²) < 4.78 is 11.4. The third kappa shape index (κ3) is 3.42. The van der Waals surface area contributed by atoms with Crippen LogP contribution in [0.3, 0.4) is 0 Å². The zero-order valence-electron chi connectivity index (χ0n) is 15.2. The summed E-state index contributed by atoms with van der Waals surface area (Å²) in [6.45, 7) is 1.15. The van der Waals surface area contributed by atoms with Gasteiger partial charge in [-0.25, -0.2) is 0 Å². The summed E-state index contributed by atoms with van der Waals surface area (Å²) in [7, 11) is 0. The highest BCUT2D eigenvalue weighted by atomic mass is 32.2. The second-order valence-corrected chi connectivity index (χ2v) is 8.06. The van der Waals surface area contributed by atoms with Crippen LogP contribution in [0.4, 0.5) is 0 Å². The molecule has 1 amide bonds. The van der Waals surface area contributed by atoms with E-state index in [4.69, 9.17) is 14.3 Å². The smallest absolute Gasteiger partial charge is 0.262 e. The number of carbonyl (C=O) groups is 1. The third-order valence-electron chi connectivity index (χ3n) is 5.06. The Hall–Kier alpha value is -2.67. The van der Waals surface area contributed by atoms with E-state index in [0.717, 1.165) is 40.7 Å². The van der Waals surface area contributed by atoms with Crippen molar-refractivity contribution in [3.8, 4) is 11.5 Å². The van der Waals surface area contributed by atoms with Gasteiger partial charge in [-0.05, 0) is 41.5 Å². The summed E-state index contributed by atoms with van der Waals surface area (Å²) in [5.41, 5.74) is 3.18. The average molecular weight is 396 g/mol. The lowest BCUT2D eigenvalue weighted by Crippen LogP contribution is -2.44. The van der Waals surface area contributed by atoms with Gasteiger partial charge in [0.2, 0.25) is 0 Å². The molecule has 2 aromatic rings. The van der Waals surface area contributed by atoms with Crippen molar-refractivity contribution in [2.24, 2.45) is 5.16 Å². The molecule has 0 aliphatic carbocycles. The van der Waals surface area contributed by atoms with Crippen LogP contribution in [0.25, 0.3) is 0 Å². The van der Waals surface area contributed by atoms with E-state index >= 15 is 0 Å². The van der Waals surface area contributed by atoms with Crippen LogP contribution >= 0.6 is 11.8 Å². The van der Waals surface area contributed by atoms with E-state index in [9.17, 15) is 4.79 Å². The van der Waals surface area contributed by atoms with Crippen LogP contribution < -0.4 is 14.8 Å². The van der Waals surface area contributed by atoms with Gasteiger partial charge in [-0.1, -0.05) is 17.3 Å². The number of fused-ring (bicyclic) bond motifs is 2. The van der Waals surface area contributed by atoms with Crippen LogP contribution in [0.15, 0.2) is 52.5 Å². The molecule has 3 heterocycles. The maximum absolute atomic E-state index is 12.5. The summed E-state index contributed by atoms with van der Waals surface area (Å²) in [4.78, 5) is 19.1. The molecule has 0 bridgehead atoms. The highest BCUT2D eigenvalue weighted by Crippen LogP contribution is 2.35. The van der Waals surface area contributed by atoms with Gasteiger partial charge in [0.15, 0.2) is 6.10 Å². The van der Waals surface area contributed by atoms with Crippen LogP contribution in [0.1, 0.15) is 17.5 Å². The molecule has 6 nitrogen and oxygen atoms in total. The fourth-order valence-electron chi connectivity index (χ4n) is 3.55. The van der Waals surface area contributed by atoms with Crippen molar-refractivity contribution in [1.29, 1.82) is 0 Å². The molecule has 0 saturated heterocycles. The van der Waals surface area contributed by atoms with Crippen molar-refractivity contribution in [3.05, 3.63) is 53.6 Å². The summed E-state index contributed by atoms with van der Waals surface area (Å²) in [5.74, 6) is 2.21. The lowest BCUT2D eigenvalue weighted by atomic mass is 10.0. The number of nitrogens with one attached hydrogen (secondary N) is 1. The predicted molar refractivity (Wildman–Crippen MR) is 106 cm³/mol. The maximum Gasteiger partial charge on any atom is 0.262 e. The molecular weight excluding hydrogens is 376 g/mol. The van der Waals surface area contributed by atoms with Crippen molar-refractivity contribution in [1.82, 2.24) is 5.32 Å². The summed E-state index contributed by atoms with van der Waals surface area (Å²) in [6.07, 6.45) is 0.952. The van der Waals surface area contributed by atoms with Crippen LogP contribution in [-0.4, -0.2) is 42.7 Å². The van der Waals surface area contributed by atoms with Crippen LogP contribution in [-0.2, 0) is 16.1 Å². The Morgan fingerprint density at radius 2 is 2.14 bits per heavy atom. The van der Waals surface area contributed by atoms with Crippen LogP contribution in [0.5, 0.6) is 11.5 Å². The van der Waals surface area contributed by atoms with Crippen molar-refractivity contribution >= 4 is 23.4 Å². The van der Waals surface area contributed by atoms with Gasteiger partial charge >= 0.3 is 0 Å². The molecule has 0 radical (unpaired) electrons. The van der Waals surface area contributed by atoms with E-state index in [1.165, 1.54) is 5.56 Å². The predicted octanol–water partition coefficient (Wildman–Crippen LogP) is 2.78. The van der Waals surface area contributed by atoms with Gasteiger partial charge in [-0.3, -0.25) is 4.79 Å². The Bertz CT molecular complexity index is 946. The van der Waals surface area contributed by atoms with E-state index < -0.39 is 6.10 Å². The van der Waals surface area contributed by atoms with Gasteiger partial charge in [0.05, 0.1) is 18.9 Å². The number of ether oxygens (including phenoxy) is 2. The van der Waals surface area contributed by atoms with Gasteiger partial charge in [-0.2, -0.15) is 0 Å². The van der Waals surface area contributed by atoms with Gasteiger partial charge in [-0.15, -0.1) is 11.8 Å². The zero-order valence-corrected chi connectivity index (χ0v) is 16.0. The lowest BCUT2D eigenvalue weighted by Gasteiger charge is -2.25. The fourth-order valence-corrected chi connectivity index (χ4v) is 4.53. The van der Waals surface area contributed by atoms with Crippen LogP contribution in [0.2, 0.25) is 0 Å². The Labute approximate surface area is 167 Å². The standard InChI is InChI=1S/C21H20N2O4S/c24-21(19-12-28-20-4-2-1-3-18(20)26-19)22-11-15-10-16(23-27-15)13-5-6-17-14(9-13)7-8-25-17/h1-6,9,15,19H,7-8,10-12H2,(H,22,24)/t15-,19-/m1/s1. The van der Waals surface area contributed by atoms with Crippen molar-refractivity contribution < 1.29 is 19.1 Å². The third-order valence-corrected chi connectivity index (χ3v) is 6.18. The minimum atomic E-state index is -0.488. The molecule has 2 atom stereocenters. The molecule has 3 aliphatic rings. The molecule has 0 aromatic heterocycles. The molecule has 0 saturated carbocycles. The molecule has 28 heavy (non-hydrogen) atoms. The second-order valence-electron chi connectivity index (χ2n) is 7.00. The Kier molecular flexibility index (Phi) is 4.60. The fraction of sp³-hybridized carbons (Fsp3) is 0.333. The first-order valence-electron chi connectivity index (χ1n) is 9.41. The molecule has 5 rings (SSSR count). The maximum atomic E-state index is 12.5. The highest BCUT2D eigenvalue weighted by molar-refractivity contribution is 7.99. The average Bonchev–Trinajstić information content (AvgIpc) is 3.40. The SMILES string of the molecule is O=C(NC[C@H]1CC(c2ccc3c(c2)CCO3)=NO1)[C@H]1CSc2ccccc2O1. The number of hydrogen-bond acceptors (Lipinski definition) is 6. The number of benzene rings is 2. The van der Waals surface area contributed by atoms with Crippen LogP contribution in [0, 0.1) is 0 Å². The molecule has 0 spiro atoms. The molecule has 144 valence electrons. The minimum Gasteiger partial charge on any atom is -0.493 e. The number of carbonyl (C=O) groups excluding carboxylic acids is 1. The van der Waals surface area contributed by atoms with Gasteiger partial charge in [0, 0.05) is 23.5 Å². The number of rotatable bonds is 4. The summed E-state index contributed by atoms with van der Waals surface area (Å²) >= 11 is 1.64. The number of para-hydroxylation sites is 1. The Balaban J connectivity index is 1.14. The second kappa shape index (κ2) is 7.39. The minimum absolute atomic E-state index is 0.117. The van der Waals surface area contributed by atoms with Gasteiger partial charge in [0.25, 0.3) is 5.91 Å². The quantitative estimate of drug-likeness (QED) is 0.861. The lowest BCUT2D eigenvalue weighted by molar-refractivity contribution is -0.127. The zero-order chi connectivity index (χ0) is 18.9. The number of oxime groups is 1. The summed E-state index contributed by atoms with van der Waals surface area (Å²) in [5, 5.41) is 7.17. The van der Waals surface area contributed by atoms with E-state index in [1.807, 2.05) is 36.4 Å². The van der Waals surface area contributed by atoms with E-state index in [2.05, 4.69) is 16.5 Å². The van der Waals surface area contributed by atoms with E-state index in [-0.39, 0.29) is 12.0 Å². The summed E-state index contributed by atoms with van der Waals surface area (Å²) in [6, 6.07) is 13.9. The Morgan fingerprint density at radius 3 is 3.11 bits per heavy atom. The largest absolute Gasteiger partial charge is 0.493 e. The van der Waals surface area contributed by atoms with Crippen molar-refractivity contribution in [2.75, 3.05) is 18.9 Å². The number of hydrogen-bond donors (Lipinski definition) is 1. The molecule has 3 aliphatic heterocycles. The number of amides is 1. The van der Waals surface area contributed by atoms with Gasteiger partial charge < -0.3 is 19.6 Å². The van der Waals surface area contributed by atoms with Gasteiger partial charge in [0.1, 0.15) is 17.6 Å². The molecule has 0 fully saturated rings. The van der Waals surface area contributed by atoms with E-state index in [0.29, 0.717) is 18.7 Å². The number of nitrogens with zero attached hydrogens (tertiary/aromatic N) is 1. The number of thioether (sulfide) groups is 1. The van der Waals surface area contributed by atoms with Crippen molar-refractivity contribution in [3.63, 3.8) is 0 Å². The first kappa shape index (κ1) is 17.4. The molecule has 7 heteroatoms. The molecule has 1 N–H and O–H groups in total. The topological polar surface area (TPSA) is 69.2 Å². The Morgan fingerprint density at radius 1 is 1.21 bits per heavy atom. The molecular formula is C21H20N2O4S.